The highest BCUT2D eigenvalue weighted by molar-refractivity contribution is 5.33. The van der Waals surface area contributed by atoms with Gasteiger partial charge in [-0.15, -0.1) is 0 Å². The van der Waals surface area contributed by atoms with Gasteiger partial charge in [0.15, 0.2) is 0 Å². The second-order valence-corrected chi connectivity index (χ2v) is 6.50. The van der Waals surface area contributed by atoms with E-state index in [1.807, 2.05) is 12.4 Å². The van der Waals surface area contributed by atoms with Crippen LogP contribution in [0.5, 0.6) is 5.75 Å². The Labute approximate surface area is 139 Å². The third-order valence-corrected chi connectivity index (χ3v) is 4.84. The van der Waals surface area contributed by atoms with Crippen molar-refractivity contribution in [1.82, 2.24) is 9.88 Å². The van der Waals surface area contributed by atoms with Gasteiger partial charge >= 0.3 is 0 Å². The van der Waals surface area contributed by atoms with Crippen molar-refractivity contribution in [2.24, 2.45) is 0 Å². The van der Waals surface area contributed by atoms with Crippen LogP contribution in [-0.2, 0) is 6.54 Å². The van der Waals surface area contributed by atoms with Gasteiger partial charge in [-0.2, -0.15) is 0 Å². The van der Waals surface area contributed by atoms with E-state index in [-0.39, 0.29) is 0 Å². The van der Waals surface area contributed by atoms with Crippen molar-refractivity contribution in [1.29, 1.82) is 0 Å². The van der Waals surface area contributed by atoms with Crippen LogP contribution in [0, 0.1) is 0 Å². The second-order valence-electron chi connectivity index (χ2n) is 6.50. The van der Waals surface area contributed by atoms with Gasteiger partial charge in [-0.1, -0.05) is 18.2 Å². The third-order valence-electron chi connectivity index (χ3n) is 4.84. The standard InChI is InChI=1S/C20H26N2O/c1-16(17-11-13-21-14-12-17)22(2)15-18-7-3-6-10-20(18)23-19-8-4-5-9-19/h3,6-7,10-14,16,19H,4-5,8-9,15H2,1-2H3/t16-/m0/s1. The lowest BCUT2D eigenvalue weighted by molar-refractivity contribution is 0.199. The monoisotopic (exact) mass is 310 g/mol. The lowest BCUT2D eigenvalue weighted by Crippen LogP contribution is -2.23. The number of benzene rings is 1. The number of nitrogens with zero attached hydrogens (tertiary/aromatic N) is 2. The Kier molecular flexibility index (Phi) is 5.29. The molecule has 0 unspecified atom stereocenters. The Hall–Kier alpha value is -1.87. The van der Waals surface area contributed by atoms with E-state index in [9.17, 15) is 0 Å². The van der Waals surface area contributed by atoms with Gasteiger partial charge in [-0.3, -0.25) is 9.88 Å². The number of hydrogen-bond acceptors (Lipinski definition) is 3. The minimum Gasteiger partial charge on any atom is -0.490 e. The van der Waals surface area contributed by atoms with Gasteiger partial charge in [-0.25, -0.2) is 0 Å². The molecule has 3 nitrogen and oxygen atoms in total. The normalized spacial score (nSPS) is 16.7. The zero-order chi connectivity index (χ0) is 16.1. The molecule has 1 aliphatic rings. The minimum atomic E-state index is 0.345. The lowest BCUT2D eigenvalue weighted by Gasteiger charge is -2.26. The van der Waals surface area contributed by atoms with Crippen LogP contribution in [0.2, 0.25) is 0 Å². The molecule has 0 amide bonds. The molecule has 1 aromatic carbocycles. The first-order chi connectivity index (χ1) is 11.2. The van der Waals surface area contributed by atoms with Crippen LogP contribution in [-0.4, -0.2) is 23.0 Å². The van der Waals surface area contributed by atoms with Gasteiger partial charge in [0.1, 0.15) is 5.75 Å². The molecule has 0 bridgehead atoms. The van der Waals surface area contributed by atoms with Crippen molar-refractivity contribution in [3.8, 4) is 5.75 Å². The summed E-state index contributed by atoms with van der Waals surface area (Å²) in [5, 5.41) is 0. The average Bonchev–Trinajstić information content (AvgIpc) is 3.10. The minimum absolute atomic E-state index is 0.345. The first kappa shape index (κ1) is 16.0. The van der Waals surface area contributed by atoms with Crippen LogP contribution in [0.25, 0.3) is 0 Å². The molecule has 0 aliphatic heterocycles. The summed E-state index contributed by atoms with van der Waals surface area (Å²) >= 11 is 0. The third kappa shape index (κ3) is 4.11. The Morgan fingerprint density at radius 1 is 1.13 bits per heavy atom. The Morgan fingerprint density at radius 3 is 2.57 bits per heavy atom. The quantitative estimate of drug-likeness (QED) is 0.780. The SMILES string of the molecule is C[C@@H](c1ccncc1)N(C)Cc1ccccc1OC1CCCC1. The van der Waals surface area contributed by atoms with Crippen LogP contribution >= 0.6 is 0 Å². The van der Waals surface area contributed by atoms with Crippen molar-refractivity contribution in [2.45, 2.75) is 51.3 Å². The Bertz CT molecular complexity index is 608. The molecule has 0 saturated heterocycles. The molecule has 1 aliphatic carbocycles. The number of ether oxygens (including phenoxy) is 1. The highest BCUT2D eigenvalue weighted by Crippen LogP contribution is 2.28. The van der Waals surface area contributed by atoms with E-state index in [4.69, 9.17) is 4.74 Å². The fourth-order valence-corrected chi connectivity index (χ4v) is 3.24. The maximum Gasteiger partial charge on any atom is 0.124 e. The number of para-hydroxylation sites is 1. The summed E-state index contributed by atoms with van der Waals surface area (Å²) in [6.07, 6.45) is 9.10. The molecule has 1 atom stereocenters. The van der Waals surface area contributed by atoms with E-state index in [0.717, 1.165) is 12.3 Å². The van der Waals surface area contributed by atoms with Gasteiger partial charge < -0.3 is 4.74 Å². The fraction of sp³-hybridized carbons (Fsp3) is 0.450. The molecule has 0 radical (unpaired) electrons. The number of pyridine rings is 1. The average molecular weight is 310 g/mol. The van der Waals surface area contributed by atoms with Crippen LogP contribution < -0.4 is 4.74 Å². The Balaban J connectivity index is 1.69. The van der Waals surface area contributed by atoms with E-state index < -0.39 is 0 Å². The summed E-state index contributed by atoms with van der Waals surface area (Å²) in [7, 11) is 2.16. The molecule has 23 heavy (non-hydrogen) atoms. The molecule has 2 aromatic rings. The van der Waals surface area contributed by atoms with Crippen molar-refractivity contribution in [3.63, 3.8) is 0 Å². The molecule has 1 fully saturated rings. The molecule has 3 heteroatoms. The number of rotatable bonds is 6. The predicted octanol–water partition coefficient (Wildman–Crippen LogP) is 4.60. The maximum absolute atomic E-state index is 6.26. The van der Waals surface area contributed by atoms with Gasteiger partial charge in [-0.05, 0) is 63.4 Å². The van der Waals surface area contributed by atoms with Crippen LogP contribution in [0.3, 0.4) is 0 Å². The van der Waals surface area contributed by atoms with Gasteiger partial charge in [0.05, 0.1) is 6.10 Å². The van der Waals surface area contributed by atoms with Gasteiger partial charge in [0.25, 0.3) is 0 Å². The summed E-state index contributed by atoms with van der Waals surface area (Å²) in [5.74, 6) is 1.05. The molecule has 1 saturated carbocycles. The predicted molar refractivity (Wildman–Crippen MR) is 93.4 cm³/mol. The molecule has 0 spiro atoms. The molecule has 0 N–H and O–H groups in total. The summed E-state index contributed by atoms with van der Waals surface area (Å²) in [6.45, 7) is 3.11. The Morgan fingerprint density at radius 2 is 1.83 bits per heavy atom. The summed E-state index contributed by atoms with van der Waals surface area (Å²) in [6, 6.07) is 13.0. The number of hydrogen-bond donors (Lipinski definition) is 0. The van der Waals surface area contributed by atoms with E-state index >= 15 is 0 Å². The smallest absolute Gasteiger partial charge is 0.124 e. The molecule has 1 heterocycles. The zero-order valence-corrected chi connectivity index (χ0v) is 14.1. The van der Waals surface area contributed by atoms with Crippen LogP contribution in [0.15, 0.2) is 48.8 Å². The fourth-order valence-electron chi connectivity index (χ4n) is 3.24. The largest absolute Gasteiger partial charge is 0.490 e. The summed E-state index contributed by atoms with van der Waals surface area (Å²) < 4.78 is 6.26. The second kappa shape index (κ2) is 7.60. The topological polar surface area (TPSA) is 25.4 Å². The van der Waals surface area contributed by atoms with E-state index in [2.05, 4.69) is 60.3 Å². The zero-order valence-electron chi connectivity index (χ0n) is 14.1. The van der Waals surface area contributed by atoms with Gasteiger partial charge in [0.2, 0.25) is 0 Å². The highest BCUT2D eigenvalue weighted by Gasteiger charge is 2.19. The van der Waals surface area contributed by atoms with E-state index in [1.165, 1.54) is 36.8 Å². The highest BCUT2D eigenvalue weighted by atomic mass is 16.5. The lowest BCUT2D eigenvalue weighted by atomic mass is 10.1. The first-order valence-corrected chi connectivity index (χ1v) is 8.59. The van der Waals surface area contributed by atoms with Crippen molar-refractivity contribution in [3.05, 3.63) is 59.9 Å². The maximum atomic E-state index is 6.26. The molecule has 122 valence electrons. The summed E-state index contributed by atoms with van der Waals surface area (Å²) in [5.41, 5.74) is 2.56. The molecule has 3 rings (SSSR count). The molecular formula is C20H26N2O. The van der Waals surface area contributed by atoms with E-state index in [0.29, 0.717) is 12.1 Å². The van der Waals surface area contributed by atoms with E-state index in [1.54, 1.807) is 0 Å². The van der Waals surface area contributed by atoms with Gasteiger partial charge in [0, 0.05) is 30.5 Å². The van der Waals surface area contributed by atoms with Crippen molar-refractivity contribution >= 4 is 0 Å². The van der Waals surface area contributed by atoms with Crippen LogP contribution in [0.4, 0.5) is 0 Å². The molecular weight excluding hydrogens is 284 g/mol. The van der Waals surface area contributed by atoms with Crippen LogP contribution in [0.1, 0.15) is 49.8 Å². The first-order valence-electron chi connectivity index (χ1n) is 8.59. The number of aromatic nitrogens is 1. The summed E-state index contributed by atoms with van der Waals surface area (Å²) in [4.78, 5) is 6.46. The van der Waals surface area contributed by atoms with Crippen molar-refractivity contribution in [2.75, 3.05) is 7.05 Å². The van der Waals surface area contributed by atoms with Crippen molar-refractivity contribution < 1.29 is 4.74 Å². The molecule has 1 aromatic heterocycles.